The SMILES string of the molecule is C[Si](C)(C1C=Cc2ccccc21)C1C=Cc2ccccc21.[NaH]. The quantitative estimate of drug-likeness (QED) is 0.702. The Kier molecular flexibility index (Phi) is 4.35. The molecule has 4 rings (SSSR count). The number of rotatable bonds is 2. The van der Waals surface area contributed by atoms with Crippen molar-refractivity contribution in [3.8, 4) is 0 Å². The molecular formula is C20H21NaSi. The minimum atomic E-state index is -1.51. The molecule has 2 heteroatoms. The van der Waals surface area contributed by atoms with Crippen molar-refractivity contribution in [2.45, 2.75) is 24.2 Å². The molecule has 0 saturated carbocycles. The van der Waals surface area contributed by atoms with Crippen molar-refractivity contribution in [1.82, 2.24) is 0 Å². The van der Waals surface area contributed by atoms with Crippen LogP contribution in [0.4, 0.5) is 0 Å². The van der Waals surface area contributed by atoms with Crippen LogP contribution in [0.15, 0.2) is 60.7 Å². The van der Waals surface area contributed by atoms with E-state index in [1.54, 1.807) is 0 Å². The molecule has 106 valence electrons. The van der Waals surface area contributed by atoms with E-state index in [4.69, 9.17) is 0 Å². The van der Waals surface area contributed by atoms with Crippen LogP contribution in [0.25, 0.3) is 12.2 Å². The summed E-state index contributed by atoms with van der Waals surface area (Å²) in [5, 5.41) is 0. The van der Waals surface area contributed by atoms with Crippen molar-refractivity contribution in [3.63, 3.8) is 0 Å². The van der Waals surface area contributed by atoms with Gasteiger partial charge in [-0.05, 0) is 33.3 Å². The molecule has 0 saturated heterocycles. The molecule has 0 radical (unpaired) electrons. The second-order valence-corrected chi connectivity index (χ2v) is 11.6. The van der Waals surface area contributed by atoms with Crippen LogP contribution in [0.5, 0.6) is 0 Å². The van der Waals surface area contributed by atoms with Crippen LogP contribution in [0.2, 0.25) is 13.1 Å². The van der Waals surface area contributed by atoms with Crippen molar-refractivity contribution in [3.05, 3.63) is 82.9 Å². The number of benzene rings is 2. The standard InChI is InChI=1S/C20H20Si.Na.H/c1-21(2,19-13-11-15-7-3-5-9-17(15)19)20-14-12-16-8-4-6-10-18(16)20;;/h3-14,19-20H,1-2H3;;. The van der Waals surface area contributed by atoms with Crippen LogP contribution < -0.4 is 0 Å². The van der Waals surface area contributed by atoms with Crippen LogP contribution in [0, 0.1) is 0 Å². The van der Waals surface area contributed by atoms with Gasteiger partial charge < -0.3 is 0 Å². The Morgan fingerprint density at radius 3 is 1.55 bits per heavy atom. The third-order valence-electron chi connectivity index (χ3n) is 5.20. The molecule has 2 unspecified atom stereocenters. The predicted molar refractivity (Wildman–Crippen MR) is 101 cm³/mol. The van der Waals surface area contributed by atoms with Crippen molar-refractivity contribution in [2.24, 2.45) is 0 Å². The van der Waals surface area contributed by atoms with Gasteiger partial charge in [0.1, 0.15) is 0 Å². The van der Waals surface area contributed by atoms with Crippen LogP contribution in [-0.4, -0.2) is 37.6 Å². The first-order valence-corrected chi connectivity index (χ1v) is 10.9. The van der Waals surface area contributed by atoms with Gasteiger partial charge in [0.2, 0.25) is 0 Å². The van der Waals surface area contributed by atoms with E-state index in [9.17, 15) is 0 Å². The van der Waals surface area contributed by atoms with Gasteiger partial charge in [0.25, 0.3) is 0 Å². The molecule has 0 nitrogen and oxygen atoms in total. The topological polar surface area (TPSA) is 0 Å². The molecule has 0 aromatic heterocycles. The number of hydrogen-bond donors (Lipinski definition) is 0. The minimum absolute atomic E-state index is 0. The first-order valence-electron chi connectivity index (χ1n) is 7.72. The van der Waals surface area contributed by atoms with Gasteiger partial charge in [-0.3, -0.25) is 0 Å². The maximum atomic E-state index is 2.54. The first-order chi connectivity index (χ1) is 10.2. The zero-order valence-corrected chi connectivity index (χ0v) is 13.6. The van der Waals surface area contributed by atoms with Gasteiger partial charge in [-0.1, -0.05) is 85.9 Å². The summed E-state index contributed by atoms with van der Waals surface area (Å²) >= 11 is 0. The van der Waals surface area contributed by atoms with E-state index >= 15 is 0 Å². The summed E-state index contributed by atoms with van der Waals surface area (Å²) in [5.41, 5.74) is 7.14. The number of hydrogen-bond acceptors (Lipinski definition) is 0. The summed E-state index contributed by atoms with van der Waals surface area (Å²) in [4.78, 5) is 0. The zero-order chi connectivity index (χ0) is 14.4. The Balaban J connectivity index is 0.00000144. The van der Waals surface area contributed by atoms with E-state index in [0.29, 0.717) is 11.1 Å². The second-order valence-electron chi connectivity index (χ2n) is 6.75. The van der Waals surface area contributed by atoms with Gasteiger partial charge in [0.15, 0.2) is 0 Å². The van der Waals surface area contributed by atoms with E-state index in [1.165, 1.54) is 22.3 Å². The molecule has 2 aliphatic carbocycles. The average Bonchev–Trinajstić information content (AvgIpc) is 3.12. The monoisotopic (exact) mass is 312 g/mol. The Hall–Kier alpha value is -0.863. The van der Waals surface area contributed by atoms with Crippen LogP contribution in [-0.2, 0) is 0 Å². The third-order valence-corrected chi connectivity index (χ3v) is 9.41. The third kappa shape index (κ3) is 2.41. The Bertz CT molecular complexity index is 694. The Labute approximate surface area is 156 Å². The zero-order valence-electron chi connectivity index (χ0n) is 12.6. The number of allylic oxidation sites excluding steroid dienone is 2. The molecule has 0 N–H and O–H groups in total. The fourth-order valence-corrected chi connectivity index (χ4v) is 7.69. The van der Waals surface area contributed by atoms with Gasteiger partial charge in [-0.25, -0.2) is 0 Å². The van der Waals surface area contributed by atoms with E-state index in [0.717, 1.165) is 0 Å². The average molecular weight is 312 g/mol. The van der Waals surface area contributed by atoms with Crippen LogP contribution >= 0.6 is 0 Å². The Morgan fingerprint density at radius 1 is 0.682 bits per heavy atom. The molecule has 0 spiro atoms. The van der Waals surface area contributed by atoms with Gasteiger partial charge >= 0.3 is 29.6 Å². The van der Waals surface area contributed by atoms with Gasteiger partial charge in [0, 0.05) is 0 Å². The van der Waals surface area contributed by atoms with E-state index in [-0.39, 0.29) is 29.6 Å². The van der Waals surface area contributed by atoms with Gasteiger partial charge in [-0.15, -0.1) is 0 Å². The summed E-state index contributed by atoms with van der Waals surface area (Å²) in [6.07, 6.45) is 9.54. The van der Waals surface area contributed by atoms with E-state index in [2.05, 4.69) is 85.9 Å². The molecular weight excluding hydrogens is 291 g/mol. The van der Waals surface area contributed by atoms with E-state index in [1.807, 2.05) is 0 Å². The second kappa shape index (κ2) is 5.97. The molecule has 2 aromatic rings. The van der Waals surface area contributed by atoms with Crippen molar-refractivity contribution in [2.75, 3.05) is 0 Å². The molecule has 0 bridgehead atoms. The summed E-state index contributed by atoms with van der Waals surface area (Å²) < 4.78 is 0. The molecule has 2 aromatic carbocycles. The van der Waals surface area contributed by atoms with Gasteiger partial charge in [-0.2, -0.15) is 0 Å². The molecule has 22 heavy (non-hydrogen) atoms. The van der Waals surface area contributed by atoms with Crippen molar-refractivity contribution < 1.29 is 0 Å². The summed E-state index contributed by atoms with van der Waals surface area (Å²) in [7, 11) is -1.51. The molecule has 2 aliphatic rings. The van der Waals surface area contributed by atoms with Crippen molar-refractivity contribution >= 4 is 49.8 Å². The normalized spacial score (nSPS) is 21.4. The maximum absolute atomic E-state index is 2.54. The Morgan fingerprint density at radius 2 is 1.09 bits per heavy atom. The van der Waals surface area contributed by atoms with Crippen molar-refractivity contribution in [1.29, 1.82) is 0 Å². The summed E-state index contributed by atoms with van der Waals surface area (Å²) in [5.74, 6) is 0. The molecule has 0 aliphatic heterocycles. The summed E-state index contributed by atoms with van der Waals surface area (Å²) in [6, 6.07) is 17.8. The van der Waals surface area contributed by atoms with E-state index < -0.39 is 8.07 Å². The molecule has 0 heterocycles. The fourth-order valence-electron chi connectivity index (χ4n) is 3.99. The number of fused-ring (bicyclic) bond motifs is 2. The molecule has 0 fully saturated rings. The molecule has 2 atom stereocenters. The fraction of sp³-hybridized carbons (Fsp3) is 0.200. The summed E-state index contributed by atoms with van der Waals surface area (Å²) in [6.45, 7) is 5.09. The van der Waals surface area contributed by atoms with Crippen LogP contribution in [0.1, 0.15) is 33.3 Å². The molecule has 0 amide bonds. The van der Waals surface area contributed by atoms with Crippen LogP contribution in [0.3, 0.4) is 0 Å². The first kappa shape index (κ1) is 16.0. The van der Waals surface area contributed by atoms with Gasteiger partial charge in [0.05, 0.1) is 8.07 Å². The predicted octanol–water partition coefficient (Wildman–Crippen LogP) is 4.75.